The van der Waals surface area contributed by atoms with E-state index >= 15 is 0 Å². The molecule has 0 aliphatic heterocycles. The van der Waals surface area contributed by atoms with E-state index in [2.05, 4.69) is 20.8 Å². The first-order chi connectivity index (χ1) is 4.73. The van der Waals surface area contributed by atoms with Crippen molar-refractivity contribution in [1.82, 2.24) is 0 Å². The Morgan fingerprint density at radius 2 is 2.00 bits per heavy atom. The fraction of sp³-hybridized carbons (Fsp3) is 1.00. The average Bonchev–Trinajstić information content (AvgIpc) is 2.69. The smallest absolute Gasteiger partial charge is 0.0679 e. The molecule has 0 radical (unpaired) electrons. The second-order valence-electron chi connectivity index (χ2n) is 3.37. The zero-order valence-corrected chi connectivity index (χ0v) is 7.31. The molecule has 0 spiro atoms. The van der Waals surface area contributed by atoms with Crippen LogP contribution in [0.15, 0.2) is 0 Å². The summed E-state index contributed by atoms with van der Waals surface area (Å²) in [7, 11) is 0. The second-order valence-corrected chi connectivity index (χ2v) is 3.37. The summed E-state index contributed by atoms with van der Waals surface area (Å²) in [5, 5.41) is 0. The van der Waals surface area contributed by atoms with Crippen LogP contribution in [0.2, 0.25) is 0 Å². The van der Waals surface area contributed by atoms with Crippen LogP contribution >= 0.6 is 0 Å². The summed E-state index contributed by atoms with van der Waals surface area (Å²) < 4.78 is 5.70. The largest absolute Gasteiger partial charge is 0.375 e. The van der Waals surface area contributed by atoms with Crippen LogP contribution in [0.5, 0.6) is 0 Å². The van der Waals surface area contributed by atoms with E-state index in [1.807, 2.05) is 0 Å². The molecule has 0 aromatic heterocycles. The lowest BCUT2D eigenvalue weighted by Gasteiger charge is -2.27. The highest BCUT2D eigenvalue weighted by molar-refractivity contribution is 4.91. The first-order valence-corrected chi connectivity index (χ1v) is 4.37. The summed E-state index contributed by atoms with van der Waals surface area (Å²) >= 11 is 0. The molecule has 0 aromatic rings. The van der Waals surface area contributed by atoms with E-state index in [-0.39, 0.29) is 5.60 Å². The predicted octanol–water partition coefficient (Wildman–Crippen LogP) is 2.60. The van der Waals surface area contributed by atoms with Gasteiger partial charge in [0.25, 0.3) is 0 Å². The van der Waals surface area contributed by atoms with Crippen molar-refractivity contribution in [3.05, 3.63) is 0 Å². The van der Waals surface area contributed by atoms with Gasteiger partial charge in [0, 0.05) is 6.61 Å². The SMILES string of the molecule is CCOC(C)(CC)C1CC1. The Hall–Kier alpha value is -0.0400. The second kappa shape index (κ2) is 2.91. The Kier molecular flexibility index (Phi) is 2.35. The molecule has 0 bridgehead atoms. The molecule has 0 saturated heterocycles. The summed E-state index contributed by atoms with van der Waals surface area (Å²) in [6.45, 7) is 7.40. The quantitative estimate of drug-likeness (QED) is 0.586. The monoisotopic (exact) mass is 142 g/mol. The lowest BCUT2D eigenvalue weighted by atomic mass is 9.97. The zero-order valence-electron chi connectivity index (χ0n) is 7.31. The molecule has 1 saturated carbocycles. The van der Waals surface area contributed by atoms with Gasteiger partial charge in [-0.25, -0.2) is 0 Å². The van der Waals surface area contributed by atoms with Gasteiger partial charge < -0.3 is 4.74 Å². The van der Waals surface area contributed by atoms with Crippen molar-refractivity contribution in [3.63, 3.8) is 0 Å². The Morgan fingerprint density at radius 3 is 2.30 bits per heavy atom. The molecule has 1 aliphatic rings. The van der Waals surface area contributed by atoms with Gasteiger partial charge in [0.05, 0.1) is 5.60 Å². The van der Waals surface area contributed by atoms with Crippen molar-refractivity contribution in [1.29, 1.82) is 0 Å². The molecule has 0 aromatic carbocycles. The van der Waals surface area contributed by atoms with Crippen molar-refractivity contribution in [3.8, 4) is 0 Å². The van der Waals surface area contributed by atoms with Crippen molar-refractivity contribution in [2.75, 3.05) is 6.61 Å². The van der Waals surface area contributed by atoms with E-state index in [0.29, 0.717) is 0 Å². The first-order valence-electron chi connectivity index (χ1n) is 4.37. The van der Waals surface area contributed by atoms with Crippen LogP contribution < -0.4 is 0 Å². The Labute approximate surface area is 63.8 Å². The average molecular weight is 142 g/mol. The van der Waals surface area contributed by atoms with Gasteiger partial charge >= 0.3 is 0 Å². The third-order valence-electron chi connectivity index (χ3n) is 2.62. The van der Waals surface area contributed by atoms with Crippen LogP contribution in [0.4, 0.5) is 0 Å². The fourth-order valence-corrected chi connectivity index (χ4v) is 1.53. The maximum absolute atomic E-state index is 5.70. The molecule has 10 heavy (non-hydrogen) atoms. The lowest BCUT2D eigenvalue weighted by Crippen LogP contribution is -2.30. The number of rotatable bonds is 4. The maximum atomic E-state index is 5.70. The van der Waals surface area contributed by atoms with Crippen LogP contribution in [0, 0.1) is 5.92 Å². The summed E-state index contributed by atoms with van der Waals surface area (Å²) in [5.41, 5.74) is 0.203. The third-order valence-corrected chi connectivity index (χ3v) is 2.62. The Balaban J connectivity index is 2.39. The van der Waals surface area contributed by atoms with Crippen LogP contribution in [0.3, 0.4) is 0 Å². The summed E-state index contributed by atoms with van der Waals surface area (Å²) in [6, 6.07) is 0. The summed E-state index contributed by atoms with van der Waals surface area (Å²) in [6.07, 6.45) is 3.92. The molecule has 1 rings (SSSR count). The molecule has 0 amide bonds. The predicted molar refractivity (Wildman–Crippen MR) is 43.0 cm³/mol. The van der Waals surface area contributed by atoms with E-state index in [9.17, 15) is 0 Å². The number of hydrogen-bond donors (Lipinski definition) is 0. The topological polar surface area (TPSA) is 9.23 Å². The number of hydrogen-bond acceptors (Lipinski definition) is 1. The van der Waals surface area contributed by atoms with Gasteiger partial charge in [-0.2, -0.15) is 0 Å². The lowest BCUT2D eigenvalue weighted by molar-refractivity contribution is -0.0445. The van der Waals surface area contributed by atoms with Crippen molar-refractivity contribution >= 4 is 0 Å². The normalized spacial score (nSPS) is 24.3. The summed E-state index contributed by atoms with van der Waals surface area (Å²) in [5.74, 6) is 0.859. The molecule has 0 heterocycles. The minimum Gasteiger partial charge on any atom is -0.375 e. The van der Waals surface area contributed by atoms with Crippen molar-refractivity contribution in [2.24, 2.45) is 5.92 Å². The van der Waals surface area contributed by atoms with Crippen LogP contribution in [0.25, 0.3) is 0 Å². The van der Waals surface area contributed by atoms with Gasteiger partial charge in [0.1, 0.15) is 0 Å². The molecular weight excluding hydrogens is 124 g/mol. The summed E-state index contributed by atoms with van der Waals surface area (Å²) in [4.78, 5) is 0. The molecule has 1 nitrogen and oxygen atoms in total. The highest BCUT2D eigenvalue weighted by atomic mass is 16.5. The van der Waals surface area contributed by atoms with Gasteiger partial charge in [0.15, 0.2) is 0 Å². The van der Waals surface area contributed by atoms with Crippen molar-refractivity contribution < 1.29 is 4.74 Å². The van der Waals surface area contributed by atoms with Gasteiger partial charge in [-0.3, -0.25) is 0 Å². The van der Waals surface area contributed by atoms with E-state index in [4.69, 9.17) is 4.74 Å². The van der Waals surface area contributed by atoms with E-state index in [1.54, 1.807) is 0 Å². The highest BCUT2D eigenvalue weighted by Crippen LogP contribution is 2.43. The fourth-order valence-electron chi connectivity index (χ4n) is 1.53. The maximum Gasteiger partial charge on any atom is 0.0679 e. The van der Waals surface area contributed by atoms with E-state index < -0.39 is 0 Å². The molecule has 60 valence electrons. The molecule has 1 unspecified atom stereocenters. The van der Waals surface area contributed by atoms with Gasteiger partial charge in [-0.05, 0) is 39.0 Å². The third kappa shape index (κ3) is 1.51. The van der Waals surface area contributed by atoms with E-state index in [0.717, 1.165) is 18.9 Å². The zero-order chi connectivity index (χ0) is 7.61. The minimum atomic E-state index is 0.203. The Morgan fingerprint density at radius 1 is 1.40 bits per heavy atom. The van der Waals surface area contributed by atoms with Crippen LogP contribution in [0.1, 0.15) is 40.0 Å². The molecular formula is C9H18O. The van der Waals surface area contributed by atoms with Crippen molar-refractivity contribution in [2.45, 2.75) is 45.6 Å². The standard InChI is InChI=1S/C9H18O/c1-4-9(3,10-5-2)8-6-7-8/h8H,4-7H2,1-3H3. The first kappa shape index (κ1) is 8.06. The van der Waals surface area contributed by atoms with Gasteiger partial charge in [-0.15, -0.1) is 0 Å². The molecule has 1 fully saturated rings. The molecule has 1 atom stereocenters. The molecule has 1 aliphatic carbocycles. The van der Waals surface area contributed by atoms with Crippen LogP contribution in [-0.4, -0.2) is 12.2 Å². The van der Waals surface area contributed by atoms with Gasteiger partial charge in [-0.1, -0.05) is 6.92 Å². The van der Waals surface area contributed by atoms with Gasteiger partial charge in [0.2, 0.25) is 0 Å². The van der Waals surface area contributed by atoms with E-state index in [1.165, 1.54) is 12.8 Å². The Bertz CT molecular complexity index is 107. The molecule has 1 heteroatoms. The highest BCUT2D eigenvalue weighted by Gasteiger charge is 2.40. The number of ether oxygens (including phenoxy) is 1. The minimum absolute atomic E-state index is 0.203. The van der Waals surface area contributed by atoms with Crippen LogP contribution in [-0.2, 0) is 4.74 Å². The molecule has 0 N–H and O–H groups in total.